The number of imidazole rings is 1. The van der Waals surface area contributed by atoms with Crippen LogP contribution in [0.3, 0.4) is 0 Å². The molecule has 0 aliphatic rings. The third-order valence-electron chi connectivity index (χ3n) is 5.00. The minimum absolute atomic E-state index is 0.00990. The summed E-state index contributed by atoms with van der Waals surface area (Å²) in [5.41, 5.74) is 7.44. The van der Waals surface area contributed by atoms with Crippen molar-refractivity contribution < 1.29 is 34.0 Å². The molecule has 2 heterocycles. The fourth-order valence-corrected chi connectivity index (χ4v) is 3.33. The zero-order chi connectivity index (χ0) is 25.9. The lowest BCUT2D eigenvalue weighted by atomic mass is 10.1. The summed E-state index contributed by atoms with van der Waals surface area (Å²) in [4.78, 5) is 18.0. The lowest BCUT2D eigenvalue weighted by molar-refractivity contribution is -0.329. The smallest absolute Gasteiger partial charge is 0.339 e. The number of nitrogen functional groups attached to an aromatic ring is 1. The maximum Gasteiger partial charge on any atom is 0.339 e. The van der Waals surface area contributed by atoms with Gasteiger partial charge in [0.25, 0.3) is 0 Å². The Labute approximate surface area is 197 Å². The van der Waals surface area contributed by atoms with Crippen LogP contribution in [0.25, 0.3) is 16.8 Å². The number of hydrogen-bond acceptors (Lipinski definition) is 9. The number of nitrogens with two attached hydrogens (primary N) is 1. The van der Waals surface area contributed by atoms with Crippen LogP contribution in [0.5, 0.6) is 0 Å². The van der Waals surface area contributed by atoms with Gasteiger partial charge in [0.2, 0.25) is 5.82 Å². The van der Waals surface area contributed by atoms with Crippen molar-refractivity contribution in [2.45, 2.75) is 19.0 Å². The highest BCUT2D eigenvalue weighted by molar-refractivity contribution is 5.86. The quantitative estimate of drug-likeness (QED) is 0.181. The first kappa shape index (κ1) is 25.6. The molecule has 0 aliphatic heterocycles. The summed E-state index contributed by atoms with van der Waals surface area (Å²) < 4.78 is 28.1. The Morgan fingerprint density at radius 3 is 2.46 bits per heavy atom. The number of fused-ring (bicyclic) bond motifs is 1. The number of rotatable bonds is 5. The molecule has 0 saturated heterocycles. The van der Waals surface area contributed by atoms with Gasteiger partial charge in [0.05, 0.1) is 0 Å². The van der Waals surface area contributed by atoms with Crippen LogP contribution >= 0.6 is 0 Å². The number of hydrogen-bond donors (Lipinski definition) is 6. The normalized spacial score (nSPS) is 12.1. The van der Waals surface area contributed by atoms with Crippen molar-refractivity contribution in [1.29, 1.82) is 0 Å². The topological polar surface area (TPSA) is 166 Å². The molecule has 0 spiro atoms. The Hall–Kier alpha value is -3.97. The molecular formula is C23H23F2N5O5. The highest BCUT2D eigenvalue weighted by Gasteiger charge is 2.32. The van der Waals surface area contributed by atoms with Crippen LogP contribution in [0.1, 0.15) is 23.2 Å². The van der Waals surface area contributed by atoms with Crippen LogP contribution in [0.2, 0.25) is 0 Å². The fourth-order valence-electron chi connectivity index (χ4n) is 3.33. The van der Waals surface area contributed by atoms with Gasteiger partial charge in [0.1, 0.15) is 34.8 Å². The van der Waals surface area contributed by atoms with Crippen LogP contribution < -0.4 is 11.1 Å². The van der Waals surface area contributed by atoms with E-state index >= 15 is 0 Å². The molecule has 0 amide bonds. The van der Waals surface area contributed by atoms with Gasteiger partial charge in [-0.3, -0.25) is 4.40 Å². The van der Waals surface area contributed by atoms with Gasteiger partial charge in [-0.1, -0.05) is 12.1 Å². The first-order valence-corrected chi connectivity index (χ1v) is 10.2. The minimum Gasteiger partial charge on any atom is -0.388 e. The summed E-state index contributed by atoms with van der Waals surface area (Å²) in [5, 5.41) is 40.5. The third kappa shape index (κ3) is 5.41. The number of carbonyl (C=O) groups excluding carboxylic acids is 1. The van der Waals surface area contributed by atoms with E-state index in [1.807, 2.05) is 0 Å². The van der Waals surface area contributed by atoms with E-state index < -0.39 is 29.5 Å². The SMILES string of the molecule is CNc1ccc(-c2nc(C(O)(O)O)n3c(C)cnc(N)c23)c(F)c1.O=CC(O)c1cccc(F)c1. The number of aryl methyl sites for hydroxylation is 1. The van der Waals surface area contributed by atoms with E-state index in [0.717, 1.165) is 6.07 Å². The van der Waals surface area contributed by atoms with Gasteiger partial charge >= 0.3 is 5.97 Å². The summed E-state index contributed by atoms with van der Waals surface area (Å²) >= 11 is 0. The number of benzene rings is 2. The standard InChI is InChI=1S/C15H16FN5O3.C8H7FO2/c1-7-6-19-13(17)12-11(20-14(21(7)12)15(22,23)24)9-4-3-8(18-2)5-10(9)16;9-7-3-1-2-6(4-7)8(11)5-10/h3-6,18,22-24H,1-2H3,(H2,17,19);1-5,8,11H. The number of nitrogens with zero attached hydrogens (tertiary/aromatic N) is 3. The van der Waals surface area contributed by atoms with Crippen molar-refractivity contribution >= 4 is 23.3 Å². The molecule has 4 aromatic rings. The van der Waals surface area contributed by atoms with Gasteiger partial charge in [-0.15, -0.1) is 0 Å². The monoisotopic (exact) mass is 487 g/mol. The van der Waals surface area contributed by atoms with E-state index in [4.69, 9.17) is 10.8 Å². The number of aliphatic hydroxyl groups is 4. The minimum atomic E-state index is -3.22. The molecule has 184 valence electrons. The van der Waals surface area contributed by atoms with E-state index in [-0.39, 0.29) is 28.2 Å². The van der Waals surface area contributed by atoms with E-state index in [1.54, 1.807) is 20.0 Å². The van der Waals surface area contributed by atoms with Gasteiger partial charge in [0.15, 0.2) is 6.29 Å². The van der Waals surface area contributed by atoms with Gasteiger partial charge in [0, 0.05) is 30.2 Å². The van der Waals surface area contributed by atoms with E-state index in [9.17, 15) is 28.9 Å². The van der Waals surface area contributed by atoms with Crippen molar-refractivity contribution in [2.75, 3.05) is 18.1 Å². The van der Waals surface area contributed by atoms with Crippen molar-refractivity contribution in [3.63, 3.8) is 0 Å². The Kier molecular flexibility index (Phi) is 7.41. The molecule has 4 rings (SSSR count). The Balaban J connectivity index is 0.000000261. The van der Waals surface area contributed by atoms with E-state index in [2.05, 4.69) is 15.3 Å². The summed E-state index contributed by atoms with van der Waals surface area (Å²) in [6.07, 6.45) is 0.517. The molecule has 2 aromatic heterocycles. The first-order chi connectivity index (χ1) is 16.5. The van der Waals surface area contributed by atoms with Crippen LogP contribution in [0, 0.1) is 18.6 Å². The van der Waals surface area contributed by atoms with Crippen LogP contribution in [0.15, 0.2) is 48.7 Å². The molecule has 0 bridgehead atoms. The maximum absolute atomic E-state index is 14.5. The van der Waals surface area contributed by atoms with Crippen molar-refractivity contribution in [2.24, 2.45) is 0 Å². The van der Waals surface area contributed by atoms with Crippen LogP contribution in [-0.4, -0.2) is 48.1 Å². The number of carbonyl (C=O) groups is 1. The van der Waals surface area contributed by atoms with E-state index in [0.29, 0.717) is 17.7 Å². The highest BCUT2D eigenvalue weighted by atomic mass is 19.1. The Bertz CT molecular complexity index is 1370. The Morgan fingerprint density at radius 1 is 1.17 bits per heavy atom. The second-order valence-corrected chi connectivity index (χ2v) is 7.47. The molecule has 0 fully saturated rings. The molecule has 0 saturated carbocycles. The maximum atomic E-state index is 14.5. The molecule has 0 aliphatic carbocycles. The number of aromatic nitrogens is 3. The van der Waals surface area contributed by atoms with Gasteiger partial charge in [-0.25, -0.2) is 18.7 Å². The van der Waals surface area contributed by atoms with Crippen LogP contribution in [0.4, 0.5) is 20.3 Å². The molecule has 12 heteroatoms. The first-order valence-electron chi connectivity index (χ1n) is 10.2. The van der Waals surface area contributed by atoms with Crippen LogP contribution in [-0.2, 0) is 10.8 Å². The molecule has 35 heavy (non-hydrogen) atoms. The van der Waals surface area contributed by atoms with Gasteiger partial charge in [-0.05, 0) is 42.8 Å². The summed E-state index contributed by atoms with van der Waals surface area (Å²) in [6.45, 7) is 1.61. The number of nitrogens with one attached hydrogen (secondary N) is 1. The fraction of sp³-hybridized carbons (Fsp3) is 0.174. The molecular weight excluding hydrogens is 464 g/mol. The molecule has 7 N–H and O–H groups in total. The number of aldehydes is 1. The zero-order valence-electron chi connectivity index (χ0n) is 18.6. The largest absolute Gasteiger partial charge is 0.388 e. The zero-order valence-corrected chi connectivity index (χ0v) is 18.6. The molecule has 1 unspecified atom stereocenters. The Morgan fingerprint density at radius 2 is 1.89 bits per heavy atom. The van der Waals surface area contributed by atoms with Gasteiger partial charge < -0.3 is 36.3 Å². The number of aliphatic hydroxyl groups excluding tert-OH is 1. The van der Waals surface area contributed by atoms with E-state index in [1.165, 1.54) is 40.9 Å². The lowest BCUT2D eigenvalue weighted by Gasteiger charge is -2.13. The predicted molar refractivity (Wildman–Crippen MR) is 123 cm³/mol. The second-order valence-electron chi connectivity index (χ2n) is 7.47. The van der Waals surface area contributed by atoms with Gasteiger partial charge in [-0.2, -0.15) is 0 Å². The lowest BCUT2D eigenvalue weighted by Crippen LogP contribution is -2.27. The van der Waals surface area contributed by atoms with Crippen molar-refractivity contribution in [3.8, 4) is 11.3 Å². The number of halogens is 2. The summed E-state index contributed by atoms with van der Waals surface area (Å²) in [5.74, 6) is -4.76. The molecule has 2 aromatic carbocycles. The average Bonchev–Trinajstić information content (AvgIpc) is 3.23. The second kappa shape index (κ2) is 10.1. The van der Waals surface area contributed by atoms with Crippen molar-refractivity contribution in [1.82, 2.24) is 14.4 Å². The molecule has 1 atom stereocenters. The average molecular weight is 487 g/mol. The third-order valence-corrected chi connectivity index (χ3v) is 5.00. The summed E-state index contributed by atoms with van der Waals surface area (Å²) in [6, 6.07) is 9.68. The predicted octanol–water partition coefficient (Wildman–Crippen LogP) is 1.61. The number of anilines is 2. The summed E-state index contributed by atoms with van der Waals surface area (Å²) in [7, 11) is 1.65. The van der Waals surface area contributed by atoms with Crippen molar-refractivity contribution in [3.05, 3.63) is 77.4 Å². The highest BCUT2D eigenvalue weighted by Crippen LogP contribution is 2.33. The molecule has 0 radical (unpaired) electrons. The molecule has 10 nitrogen and oxygen atoms in total.